The van der Waals surface area contributed by atoms with Crippen LogP contribution in [-0.2, 0) is 9.59 Å². The van der Waals surface area contributed by atoms with Gasteiger partial charge in [-0.15, -0.1) is 11.8 Å². The van der Waals surface area contributed by atoms with Crippen molar-refractivity contribution in [3.8, 4) is 0 Å². The third-order valence-corrected chi connectivity index (χ3v) is 6.18. The van der Waals surface area contributed by atoms with E-state index in [1.54, 1.807) is 11.8 Å². The Morgan fingerprint density at radius 3 is 2.67 bits per heavy atom. The molecule has 18 heavy (non-hydrogen) atoms. The summed E-state index contributed by atoms with van der Waals surface area (Å²) in [5.41, 5.74) is 5.77. The highest BCUT2D eigenvalue weighted by molar-refractivity contribution is 8.01. The molecule has 1 amide bonds. The smallest absolute Gasteiger partial charge is 0.327 e. The van der Waals surface area contributed by atoms with Gasteiger partial charge in [0.05, 0.1) is 4.75 Å². The Balaban J connectivity index is 1.90. The van der Waals surface area contributed by atoms with Crippen molar-refractivity contribution in [3.63, 3.8) is 0 Å². The molecule has 7 heteroatoms. The van der Waals surface area contributed by atoms with Crippen LogP contribution in [0.3, 0.4) is 0 Å². The number of aliphatic carboxylic acids is 1. The average molecular weight is 271 g/mol. The molecule has 3 atom stereocenters. The molecule has 0 radical (unpaired) electrons. The van der Waals surface area contributed by atoms with E-state index in [0.717, 1.165) is 25.9 Å². The molecule has 2 unspecified atom stereocenters. The number of carboxylic acid groups (broad SMARTS) is 1. The molecule has 0 bridgehead atoms. The van der Waals surface area contributed by atoms with Crippen LogP contribution < -0.4 is 5.73 Å². The van der Waals surface area contributed by atoms with Crippen LogP contribution in [0.25, 0.3) is 0 Å². The highest BCUT2D eigenvalue weighted by Gasteiger charge is 2.65. The lowest BCUT2D eigenvalue weighted by Crippen LogP contribution is -2.69. The Morgan fingerprint density at radius 1 is 1.50 bits per heavy atom. The number of thioether (sulfide) groups is 1. The van der Waals surface area contributed by atoms with E-state index in [4.69, 9.17) is 5.73 Å². The van der Waals surface area contributed by atoms with Crippen LogP contribution >= 0.6 is 11.8 Å². The molecule has 0 aromatic heterocycles. The van der Waals surface area contributed by atoms with Crippen LogP contribution in [-0.4, -0.2) is 69.1 Å². The van der Waals surface area contributed by atoms with Crippen molar-refractivity contribution in [2.24, 2.45) is 5.73 Å². The molecule has 0 aliphatic carbocycles. The van der Waals surface area contributed by atoms with Crippen molar-refractivity contribution in [3.05, 3.63) is 0 Å². The zero-order chi connectivity index (χ0) is 13.1. The molecular formula is C11H17N3O3S. The highest BCUT2D eigenvalue weighted by Crippen LogP contribution is 2.54. The quantitative estimate of drug-likeness (QED) is 0.604. The lowest BCUT2D eigenvalue weighted by molar-refractivity contribution is -0.159. The maximum Gasteiger partial charge on any atom is 0.327 e. The first-order valence-corrected chi connectivity index (χ1v) is 7.01. The number of carboxylic acids is 1. The lowest BCUT2D eigenvalue weighted by atomic mass is 9.86. The number of piperidine rings is 1. The van der Waals surface area contributed by atoms with E-state index in [1.165, 1.54) is 4.90 Å². The topological polar surface area (TPSA) is 86.9 Å². The van der Waals surface area contributed by atoms with E-state index < -0.39 is 18.1 Å². The number of hydrogen-bond acceptors (Lipinski definition) is 5. The van der Waals surface area contributed by atoms with E-state index in [9.17, 15) is 14.7 Å². The second kappa shape index (κ2) is 3.85. The van der Waals surface area contributed by atoms with Crippen molar-refractivity contribution in [2.75, 3.05) is 20.1 Å². The highest BCUT2D eigenvalue weighted by atomic mass is 32.2. The molecule has 3 heterocycles. The minimum Gasteiger partial charge on any atom is -0.480 e. The summed E-state index contributed by atoms with van der Waals surface area (Å²) in [6.07, 6.45) is 1.61. The zero-order valence-electron chi connectivity index (χ0n) is 10.2. The minimum absolute atomic E-state index is 0.137. The van der Waals surface area contributed by atoms with E-state index in [-0.39, 0.29) is 16.0 Å². The van der Waals surface area contributed by atoms with Crippen LogP contribution in [0.1, 0.15) is 12.8 Å². The summed E-state index contributed by atoms with van der Waals surface area (Å²) < 4.78 is -0.340. The predicted octanol–water partition coefficient (Wildman–Crippen LogP) is -0.854. The third-order valence-electron chi connectivity index (χ3n) is 4.32. The number of carbonyl (C=O) groups excluding carboxylic acids is 1. The van der Waals surface area contributed by atoms with Crippen molar-refractivity contribution >= 4 is 23.6 Å². The van der Waals surface area contributed by atoms with E-state index >= 15 is 0 Å². The van der Waals surface area contributed by atoms with E-state index in [0.29, 0.717) is 0 Å². The van der Waals surface area contributed by atoms with E-state index in [1.807, 2.05) is 7.05 Å². The van der Waals surface area contributed by atoms with Crippen LogP contribution in [0.4, 0.5) is 0 Å². The molecule has 0 saturated carbocycles. The number of rotatable bonds is 1. The minimum atomic E-state index is -0.894. The van der Waals surface area contributed by atoms with Crippen LogP contribution in [0.15, 0.2) is 0 Å². The van der Waals surface area contributed by atoms with Gasteiger partial charge in [0.2, 0.25) is 5.91 Å². The average Bonchev–Trinajstić information content (AvgIpc) is 2.65. The lowest BCUT2D eigenvalue weighted by Gasteiger charge is -2.42. The first-order valence-electron chi connectivity index (χ1n) is 6.13. The Hall–Kier alpha value is -0.790. The molecule has 3 rings (SSSR count). The first-order chi connectivity index (χ1) is 8.46. The van der Waals surface area contributed by atoms with Gasteiger partial charge in [-0.25, -0.2) is 4.79 Å². The number of fused-ring (bicyclic) bond motifs is 1. The van der Waals surface area contributed by atoms with Gasteiger partial charge in [-0.3, -0.25) is 4.79 Å². The van der Waals surface area contributed by atoms with Gasteiger partial charge in [0, 0.05) is 0 Å². The number of likely N-dealkylation sites (tertiary alicyclic amines) is 1. The van der Waals surface area contributed by atoms with Gasteiger partial charge < -0.3 is 20.6 Å². The summed E-state index contributed by atoms with van der Waals surface area (Å²) in [4.78, 5) is 27.0. The fourth-order valence-electron chi connectivity index (χ4n) is 3.21. The fourth-order valence-corrected chi connectivity index (χ4v) is 5.05. The maximum atomic E-state index is 11.8. The summed E-state index contributed by atoms with van der Waals surface area (Å²) in [5.74, 6) is -1.11. The Labute approximate surface area is 109 Å². The number of nitrogens with two attached hydrogens (primary N) is 1. The number of nitrogens with zero attached hydrogens (tertiary/aromatic N) is 2. The maximum absolute atomic E-state index is 11.8. The normalized spacial score (nSPS) is 38.7. The van der Waals surface area contributed by atoms with E-state index in [2.05, 4.69) is 4.90 Å². The van der Waals surface area contributed by atoms with Crippen LogP contribution in [0, 0.1) is 0 Å². The summed E-state index contributed by atoms with van der Waals surface area (Å²) in [7, 11) is 2.04. The number of carbonyl (C=O) groups is 2. The molecule has 3 aliphatic rings. The molecule has 3 N–H and O–H groups in total. The van der Waals surface area contributed by atoms with Gasteiger partial charge in [0.25, 0.3) is 0 Å². The molecule has 3 fully saturated rings. The van der Waals surface area contributed by atoms with Gasteiger partial charge in [0.15, 0.2) is 0 Å². The summed E-state index contributed by atoms with van der Waals surface area (Å²) >= 11 is 1.61. The molecule has 3 aliphatic heterocycles. The van der Waals surface area contributed by atoms with Gasteiger partial charge >= 0.3 is 5.97 Å². The largest absolute Gasteiger partial charge is 0.480 e. The summed E-state index contributed by atoms with van der Waals surface area (Å²) in [6.45, 7) is 1.75. The van der Waals surface area contributed by atoms with Crippen molar-refractivity contribution < 1.29 is 14.7 Å². The Bertz CT molecular complexity index is 408. The SMILES string of the molecule is CN1CCC2(CC1)S[C@H]1C(N)C(=O)N1C2C(=O)O. The molecule has 3 saturated heterocycles. The van der Waals surface area contributed by atoms with Gasteiger partial charge in [-0.05, 0) is 33.0 Å². The molecule has 6 nitrogen and oxygen atoms in total. The standard InChI is InChI=1S/C11H17N3O3S/c1-13-4-2-11(3-5-13)7(10(16)17)14-8(15)6(12)9(14)18-11/h6-7,9H,2-5,12H2,1H3,(H,16,17)/t6?,7?,9-/m0/s1. The molecular weight excluding hydrogens is 254 g/mol. The van der Waals surface area contributed by atoms with Crippen molar-refractivity contribution in [2.45, 2.75) is 35.0 Å². The summed E-state index contributed by atoms with van der Waals surface area (Å²) in [6, 6.07) is -1.22. The zero-order valence-corrected chi connectivity index (χ0v) is 11.0. The molecule has 0 aromatic rings. The molecule has 0 aromatic carbocycles. The monoisotopic (exact) mass is 271 g/mol. The van der Waals surface area contributed by atoms with Gasteiger partial charge in [-0.2, -0.15) is 0 Å². The molecule has 100 valence electrons. The van der Waals surface area contributed by atoms with Crippen molar-refractivity contribution in [1.82, 2.24) is 9.80 Å². The van der Waals surface area contributed by atoms with Gasteiger partial charge in [-0.1, -0.05) is 0 Å². The summed E-state index contributed by atoms with van der Waals surface area (Å²) in [5, 5.41) is 9.32. The second-order valence-corrected chi connectivity index (χ2v) is 6.92. The molecule has 1 spiro atoms. The van der Waals surface area contributed by atoms with Crippen LogP contribution in [0.5, 0.6) is 0 Å². The second-order valence-electron chi connectivity index (χ2n) is 5.39. The number of hydrogen-bond donors (Lipinski definition) is 2. The van der Waals surface area contributed by atoms with Gasteiger partial charge in [0.1, 0.15) is 17.5 Å². The predicted molar refractivity (Wildman–Crippen MR) is 67.1 cm³/mol. The Morgan fingerprint density at radius 2 is 2.11 bits per heavy atom. The Kier molecular flexibility index (Phi) is 2.62. The van der Waals surface area contributed by atoms with Crippen LogP contribution in [0.2, 0.25) is 0 Å². The fraction of sp³-hybridized carbons (Fsp3) is 0.818. The third kappa shape index (κ3) is 1.44. The van der Waals surface area contributed by atoms with Crippen molar-refractivity contribution in [1.29, 1.82) is 0 Å². The number of amides is 1. The number of β-lactam (4-membered cyclic amide) rings is 1. The first kappa shape index (κ1) is 12.3.